The third-order valence-electron chi connectivity index (χ3n) is 2.70. The molecule has 2 aromatic rings. The second kappa shape index (κ2) is 6.91. The summed E-state index contributed by atoms with van der Waals surface area (Å²) in [4.78, 5) is 0. The zero-order valence-electron chi connectivity index (χ0n) is 10.9. The maximum Gasteiger partial charge on any atom is 0.174 e. The highest BCUT2D eigenvalue weighted by Crippen LogP contribution is 2.27. The lowest BCUT2D eigenvalue weighted by Crippen LogP contribution is -2.03. The van der Waals surface area contributed by atoms with Crippen molar-refractivity contribution in [2.75, 3.05) is 11.9 Å². The van der Waals surface area contributed by atoms with Crippen molar-refractivity contribution in [2.45, 2.75) is 6.54 Å². The van der Waals surface area contributed by atoms with Crippen LogP contribution in [0.2, 0.25) is 5.02 Å². The van der Waals surface area contributed by atoms with Crippen molar-refractivity contribution in [3.05, 3.63) is 58.6 Å². The Bertz CT molecular complexity index is 645. The Morgan fingerprint density at radius 1 is 1.19 bits per heavy atom. The Balaban J connectivity index is 2.02. The van der Waals surface area contributed by atoms with E-state index in [1.165, 1.54) is 0 Å². The second-order valence-electron chi connectivity index (χ2n) is 4.19. The average Bonchev–Trinajstić information content (AvgIpc) is 2.45. The maximum atomic E-state index is 13.6. The fourth-order valence-electron chi connectivity index (χ4n) is 1.72. The molecule has 2 rings (SSSR count). The first kappa shape index (κ1) is 15.1. The number of ether oxygens (including phenoxy) is 1. The molecule has 0 saturated heterocycles. The van der Waals surface area contributed by atoms with E-state index in [2.05, 4.69) is 5.32 Å². The van der Waals surface area contributed by atoms with E-state index in [0.29, 0.717) is 12.3 Å². The number of nitrogens with zero attached hydrogens (tertiary/aromatic N) is 1. The minimum absolute atomic E-state index is 0.0125. The molecule has 0 spiro atoms. The van der Waals surface area contributed by atoms with Gasteiger partial charge in [0.2, 0.25) is 0 Å². The first-order valence-electron chi connectivity index (χ1n) is 6.07. The first-order chi connectivity index (χ1) is 10.1. The summed E-state index contributed by atoms with van der Waals surface area (Å²) >= 11 is 5.79. The van der Waals surface area contributed by atoms with E-state index in [1.807, 2.05) is 6.07 Å². The quantitative estimate of drug-likeness (QED) is 0.903. The molecule has 0 radical (unpaired) electrons. The largest absolute Gasteiger partial charge is 0.479 e. The lowest BCUT2D eigenvalue weighted by Gasteiger charge is -2.10. The van der Waals surface area contributed by atoms with Crippen molar-refractivity contribution in [3.8, 4) is 11.8 Å². The molecule has 0 aliphatic heterocycles. The SMILES string of the molecule is N#CCOc1ccc(CNc2c(F)cc(F)cc2Cl)cc1. The van der Waals surface area contributed by atoms with Gasteiger partial charge in [-0.05, 0) is 23.8 Å². The Morgan fingerprint density at radius 3 is 2.52 bits per heavy atom. The second-order valence-corrected chi connectivity index (χ2v) is 4.60. The van der Waals surface area contributed by atoms with Crippen LogP contribution in [-0.4, -0.2) is 6.61 Å². The molecule has 2 aromatic carbocycles. The van der Waals surface area contributed by atoms with Crippen LogP contribution in [0, 0.1) is 23.0 Å². The van der Waals surface area contributed by atoms with Gasteiger partial charge in [0, 0.05) is 12.6 Å². The molecular weight excluding hydrogens is 298 g/mol. The molecule has 0 aromatic heterocycles. The number of nitriles is 1. The minimum atomic E-state index is -0.742. The summed E-state index contributed by atoms with van der Waals surface area (Å²) in [6.45, 7) is 0.300. The molecule has 0 aliphatic rings. The lowest BCUT2D eigenvalue weighted by atomic mass is 10.2. The summed E-state index contributed by atoms with van der Waals surface area (Å²) in [6, 6.07) is 10.6. The molecule has 0 fully saturated rings. The summed E-state index contributed by atoms with van der Waals surface area (Å²) in [5.41, 5.74) is 0.918. The van der Waals surface area contributed by atoms with Crippen LogP contribution in [0.5, 0.6) is 5.75 Å². The zero-order chi connectivity index (χ0) is 15.2. The van der Waals surface area contributed by atoms with Gasteiger partial charge in [-0.3, -0.25) is 0 Å². The molecule has 0 amide bonds. The molecule has 21 heavy (non-hydrogen) atoms. The third kappa shape index (κ3) is 4.07. The van der Waals surface area contributed by atoms with Crippen LogP contribution in [0.4, 0.5) is 14.5 Å². The first-order valence-corrected chi connectivity index (χ1v) is 6.45. The summed E-state index contributed by atoms with van der Waals surface area (Å²) in [5.74, 6) is -0.887. The van der Waals surface area contributed by atoms with Crippen molar-refractivity contribution in [2.24, 2.45) is 0 Å². The van der Waals surface area contributed by atoms with Crippen molar-refractivity contribution < 1.29 is 13.5 Å². The van der Waals surface area contributed by atoms with E-state index in [9.17, 15) is 8.78 Å². The Morgan fingerprint density at radius 2 is 1.90 bits per heavy atom. The minimum Gasteiger partial charge on any atom is -0.479 e. The van der Waals surface area contributed by atoms with E-state index < -0.39 is 11.6 Å². The summed E-state index contributed by atoms with van der Waals surface area (Å²) in [5, 5.41) is 11.2. The van der Waals surface area contributed by atoms with Gasteiger partial charge >= 0.3 is 0 Å². The predicted octanol–water partition coefficient (Wildman–Crippen LogP) is 4.13. The summed E-state index contributed by atoms with van der Waals surface area (Å²) < 4.78 is 31.6. The van der Waals surface area contributed by atoms with E-state index in [4.69, 9.17) is 21.6 Å². The van der Waals surface area contributed by atoms with Gasteiger partial charge in [-0.1, -0.05) is 23.7 Å². The van der Waals surface area contributed by atoms with Gasteiger partial charge in [0.15, 0.2) is 12.4 Å². The fraction of sp³-hybridized carbons (Fsp3) is 0.133. The topological polar surface area (TPSA) is 45.0 Å². The molecule has 0 heterocycles. The monoisotopic (exact) mass is 308 g/mol. The average molecular weight is 309 g/mol. The molecule has 0 atom stereocenters. The van der Waals surface area contributed by atoms with Gasteiger partial charge in [-0.15, -0.1) is 0 Å². The van der Waals surface area contributed by atoms with Crippen molar-refractivity contribution in [1.29, 1.82) is 5.26 Å². The third-order valence-corrected chi connectivity index (χ3v) is 3.00. The van der Waals surface area contributed by atoms with Gasteiger partial charge < -0.3 is 10.1 Å². The molecule has 1 N–H and O–H groups in total. The number of hydrogen-bond acceptors (Lipinski definition) is 3. The molecule has 108 valence electrons. The van der Waals surface area contributed by atoms with Gasteiger partial charge in [0.25, 0.3) is 0 Å². The van der Waals surface area contributed by atoms with Crippen LogP contribution in [-0.2, 0) is 6.54 Å². The number of benzene rings is 2. The Kier molecular flexibility index (Phi) is 4.96. The lowest BCUT2D eigenvalue weighted by molar-refractivity contribution is 0.368. The molecule has 0 unspecified atom stereocenters. The predicted molar refractivity (Wildman–Crippen MR) is 76.2 cm³/mol. The smallest absolute Gasteiger partial charge is 0.174 e. The van der Waals surface area contributed by atoms with Gasteiger partial charge in [-0.2, -0.15) is 5.26 Å². The maximum absolute atomic E-state index is 13.6. The van der Waals surface area contributed by atoms with Crippen molar-refractivity contribution >= 4 is 17.3 Å². The zero-order valence-corrected chi connectivity index (χ0v) is 11.6. The van der Waals surface area contributed by atoms with Gasteiger partial charge in [0.1, 0.15) is 17.6 Å². The number of halogens is 3. The van der Waals surface area contributed by atoms with Crippen molar-refractivity contribution in [1.82, 2.24) is 0 Å². The number of hydrogen-bond donors (Lipinski definition) is 1. The van der Waals surface area contributed by atoms with E-state index in [0.717, 1.165) is 17.7 Å². The molecule has 3 nitrogen and oxygen atoms in total. The summed E-state index contributed by atoms with van der Waals surface area (Å²) in [7, 11) is 0. The molecule has 0 aliphatic carbocycles. The highest BCUT2D eigenvalue weighted by Gasteiger charge is 2.09. The Labute approximate surface area is 125 Å². The summed E-state index contributed by atoms with van der Waals surface area (Å²) in [6.07, 6.45) is 0. The number of nitrogens with one attached hydrogen (secondary N) is 1. The fourth-order valence-corrected chi connectivity index (χ4v) is 1.98. The molecule has 0 saturated carbocycles. The van der Waals surface area contributed by atoms with Crippen LogP contribution < -0.4 is 10.1 Å². The standard InChI is InChI=1S/C15H11ClF2N2O/c16-13-7-11(17)8-14(18)15(13)20-9-10-1-3-12(4-2-10)21-6-5-19/h1-4,7-8,20H,6,9H2. The highest BCUT2D eigenvalue weighted by molar-refractivity contribution is 6.33. The van der Waals surface area contributed by atoms with E-state index in [-0.39, 0.29) is 17.3 Å². The van der Waals surface area contributed by atoms with E-state index >= 15 is 0 Å². The molecular formula is C15H11ClF2N2O. The van der Waals surface area contributed by atoms with Crippen LogP contribution in [0.3, 0.4) is 0 Å². The van der Waals surface area contributed by atoms with Crippen molar-refractivity contribution in [3.63, 3.8) is 0 Å². The van der Waals surface area contributed by atoms with Crippen LogP contribution in [0.1, 0.15) is 5.56 Å². The number of rotatable bonds is 5. The molecule has 6 heteroatoms. The van der Waals surface area contributed by atoms with Crippen LogP contribution in [0.25, 0.3) is 0 Å². The van der Waals surface area contributed by atoms with Gasteiger partial charge in [-0.25, -0.2) is 8.78 Å². The normalized spacial score (nSPS) is 10.0. The molecule has 0 bridgehead atoms. The van der Waals surface area contributed by atoms with E-state index in [1.54, 1.807) is 24.3 Å². The van der Waals surface area contributed by atoms with Gasteiger partial charge in [0.05, 0.1) is 10.7 Å². The van der Waals surface area contributed by atoms with Crippen LogP contribution in [0.15, 0.2) is 36.4 Å². The highest BCUT2D eigenvalue weighted by atomic mass is 35.5. The van der Waals surface area contributed by atoms with Crippen LogP contribution >= 0.6 is 11.6 Å². The number of anilines is 1. The Hall–Kier alpha value is -2.32.